The number of hydrogen-bond donors (Lipinski definition) is 2. The minimum Gasteiger partial charge on any atom is -0.481 e. The van der Waals surface area contributed by atoms with E-state index in [9.17, 15) is 14.4 Å². The molecule has 3 rings (SSSR count). The van der Waals surface area contributed by atoms with Crippen LogP contribution in [-0.2, 0) is 14.3 Å². The minimum absolute atomic E-state index is 0.00589. The summed E-state index contributed by atoms with van der Waals surface area (Å²) in [6, 6.07) is 16.1. The van der Waals surface area contributed by atoms with Crippen LogP contribution in [0.1, 0.15) is 63.5 Å². The Bertz CT molecular complexity index is 974. The second-order valence-corrected chi connectivity index (χ2v) is 8.94. The zero-order valence-corrected chi connectivity index (χ0v) is 20.1. The Morgan fingerprint density at radius 2 is 1.59 bits per heavy atom. The van der Waals surface area contributed by atoms with Crippen molar-refractivity contribution >= 4 is 18.0 Å². The Labute approximate surface area is 201 Å². The number of amides is 2. The van der Waals surface area contributed by atoms with E-state index in [1.165, 1.54) is 11.1 Å². The van der Waals surface area contributed by atoms with Gasteiger partial charge in [-0.05, 0) is 48.9 Å². The van der Waals surface area contributed by atoms with Crippen LogP contribution in [0, 0.1) is 0 Å². The normalized spacial score (nSPS) is 13.2. The molecule has 0 saturated heterocycles. The summed E-state index contributed by atoms with van der Waals surface area (Å²) < 4.78 is 5.62. The molecule has 7 nitrogen and oxygen atoms in total. The van der Waals surface area contributed by atoms with Crippen molar-refractivity contribution < 1.29 is 24.2 Å². The first-order chi connectivity index (χ1) is 16.3. The van der Waals surface area contributed by atoms with Crippen LogP contribution >= 0.6 is 0 Å². The van der Waals surface area contributed by atoms with Crippen molar-refractivity contribution in [3.8, 4) is 11.1 Å². The highest BCUT2D eigenvalue weighted by atomic mass is 16.5. The van der Waals surface area contributed by atoms with E-state index >= 15 is 0 Å². The fraction of sp³-hybridized carbons (Fsp3) is 0.444. The third-order valence-electron chi connectivity index (χ3n) is 6.38. The number of nitrogens with zero attached hydrogens (tertiary/aromatic N) is 1. The maximum atomic E-state index is 12.6. The molecule has 0 aromatic heterocycles. The largest absolute Gasteiger partial charge is 0.481 e. The molecule has 1 unspecified atom stereocenters. The lowest BCUT2D eigenvalue weighted by molar-refractivity contribution is -0.139. The van der Waals surface area contributed by atoms with Gasteiger partial charge in [0, 0.05) is 31.0 Å². The highest BCUT2D eigenvalue weighted by Crippen LogP contribution is 2.44. The first-order valence-electron chi connectivity index (χ1n) is 11.9. The maximum absolute atomic E-state index is 12.6. The molecule has 34 heavy (non-hydrogen) atoms. The lowest BCUT2D eigenvalue weighted by Gasteiger charge is -2.27. The number of ether oxygens (including phenoxy) is 1. The van der Waals surface area contributed by atoms with Gasteiger partial charge in [-0.1, -0.05) is 55.5 Å². The number of hydrogen-bond acceptors (Lipinski definition) is 4. The monoisotopic (exact) mass is 466 g/mol. The quantitative estimate of drug-likeness (QED) is 0.496. The van der Waals surface area contributed by atoms with Crippen molar-refractivity contribution in [2.45, 2.75) is 64.5 Å². The molecule has 182 valence electrons. The number of alkyl carbamates (subject to hydrolysis) is 1. The molecule has 2 aromatic carbocycles. The van der Waals surface area contributed by atoms with Gasteiger partial charge in [0.05, 0.1) is 6.42 Å². The Hall–Kier alpha value is -3.35. The van der Waals surface area contributed by atoms with Gasteiger partial charge in [-0.2, -0.15) is 0 Å². The van der Waals surface area contributed by atoms with Gasteiger partial charge in [0.2, 0.25) is 5.91 Å². The van der Waals surface area contributed by atoms with E-state index in [0.717, 1.165) is 11.1 Å². The van der Waals surface area contributed by atoms with Gasteiger partial charge >= 0.3 is 12.1 Å². The Morgan fingerprint density at radius 1 is 1.00 bits per heavy atom. The van der Waals surface area contributed by atoms with Crippen molar-refractivity contribution in [3.63, 3.8) is 0 Å². The lowest BCUT2D eigenvalue weighted by atomic mass is 9.98. The molecule has 0 spiro atoms. The average molecular weight is 467 g/mol. The van der Waals surface area contributed by atoms with Gasteiger partial charge in [-0.15, -0.1) is 0 Å². The molecular weight excluding hydrogens is 432 g/mol. The molecule has 1 atom stereocenters. The number of carboxylic acids is 1. The number of aliphatic carboxylic acids is 1. The Balaban J connectivity index is 1.53. The van der Waals surface area contributed by atoms with Gasteiger partial charge < -0.3 is 20.1 Å². The topological polar surface area (TPSA) is 95.9 Å². The number of rotatable bonds is 11. The van der Waals surface area contributed by atoms with E-state index in [-0.39, 0.29) is 49.9 Å². The van der Waals surface area contributed by atoms with Crippen molar-refractivity contribution in [3.05, 3.63) is 59.7 Å². The van der Waals surface area contributed by atoms with Gasteiger partial charge in [0.15, 0.2) is 0 Å². The standard InChI is InChI=1S/C27H34N2O5/c1-4-19(13-14-25(30)29(18(2)3)16-15-26(31)32)28-27(33)34-17-24-22-11-7-5-9-20(22)21-10-6-8-12-23(21)24/h5-12,18-19,24H,4,13-17H2,1-3H3,(H,28,33)(H,31,32). The number of nitrogens with one attached hydrogen (secondary N) is 1. The average Bonchev–Trinajstić information content (AvgIpc) is 3.13. The van der Waals surface area contributed by atoms with Crippen LogP contribution in [0.5, 0.6) is 0 Å². The number of carboxylic acid groups (broad SMARTS) is 1. The second kappa shape index (κ2) is 11.7. The van der Waals surface area contributed by atoms with Crippen molar-refractivity contribution in [1.82, 2.24) is 10.2 Å². The molecule has 0 bridgehead atoms. The molecule has 0 radical (unpaired) electrons. The zero-order chi connectivity index (χ0) is 24.7. The maximum Gasteiger partial charge on any atom is 0.407 e. The molecule has 2 N–H and O–H groups in total. The van der Waals surface area contributed by atoms with Crippen LogP contribution in [0.2, 0.25) is 0 Å². The first kappa shape index (κ1) is 25.3. The summed E-state index contributed by atoms with van der Waals surface area (Å²) in [5.41, 5.74) is 4.66. The van der Waals surface area contributed by atoms with Crippen LogP contribution < -0.4 is 5.32 Å². The SMILES string of the molecule is CCC(CCC(=O)N(CCC(=O)O)C(C)C)NC(=O)OCC1c2ccccc2-c2ccccc21. The Morgan fingerprint density at radius 3 is 2.12 bits per heavy atom. The van der Waals surface area contributed by atoms with E-state index in [1.54, 1.807) is 4.90 Å². The van der Waals surface area contributed by atoms with E-state index < -0.39 is 12.1 Å². The highest BCUT2D eigenvalue weighted by Gasteiger charge is 2.29. The van der Waals surface area contributed by atoms with Crippen LogP contribution in [0.15, 0.2) is 48.5 Å². The Kier molecular flexibility index (Phi) is 8.68. The van der Waals surface area contributed by atoms with E-state index in [2.05, 4.69) is 29.6 Å². The summed E-state index contributed by atoms with van der Waals surface area (Å²) in [6.07, 6.45) is 0.788. The fourth-order valence-corrected chi connectivity index (χ4v) is 4.51. The lowest BCUT2D eigenvalue weighted by Crippen LogP contribution is -2.40. The van der Waals surface area contributed by atoms with E-state index in [1.807, 2.05) is 45.0 Å². The van der Waals surface area contributed by atoms with Crippen LogP contribution in [0.25, 0.3) is 11.1 Å². The molecule has 0 aliphatic heterocycles. The van der Waals surface area contributed by atoms with E-state index in [0.29, 0.717) is 12.8 Å². The van der Waals surface area contributed by atoms with Gasteiger partial charge in [-0.3, -0.25) is 9.59 Å². The fourth-order valence-electron chi connectivity index (χ4n) is 4.51. The number of fused-ring (bicyclic) bond motifs is 3. The molecule has 1 aliphatic carbocycles. The highest BCUT2D eigenvalue weighted by molar-refractivity contribution is 5.79. The van der Waals surface area contributed by atoms with Crippen LogP contribution in [0.3, 0.4) is 0 Å². The molecular formula is C27H34N2O5. The molecule has 2 aromatic rings. The zero-order valence-electron chi connectivity index (χ0n) is 20.1. The predicted molar refractivity (Wildman–Crippen MR) is 131 cm³/mol. The number of carbonyl (C=O) groups is 3. The van der Waals surface area contributed by atoms with Crippen molar-refractivity contribution in [2.24, 2.45) is 0 Å². The van der Waals surface area contributed by atoms with Crippen molar-refractivity contribution in [2.75, 3.05) is 13.2 Å². The molecule has 1 aliphatic rings. The summed E-state index contributed by atoms with van der Waals surface area (Å²) in [7, 11) is 0. The van der Waals surface area contributed by atoms with Crippen LogP contribution in [0.4, 0.5) is 4.79 Å². The molecule has 2 amide bonds. The third-order valence-corrected chi connectivity index (χ3v) is 6.38. The number of benzene rings is 2. The molecule has 0 saturated carbocycles. The van der Waals surface area contributed by atoms with Gasteiger partial charge in [0.25, 0.3) is 0 Å². The molecule has 7 heteroatoms. The third kappa shape index (κ3) is 6.16. The van der Waals surface area contributed by atoms with E-state index in [4.69, 9.17) is 9.84 Å². The smallest absolute Gasteiger partial charge is 0.407 e. The summed E-state index contributed by atoms with van der Waals surface area (Å²) >= 11 is 0. The van der Waals surface area contributed by atoms with Gasteiger partial charge in [0.1, 0.15) is 6.61 Å². The number of carbonyl (C=O) groups excluding carboxylic acids is 2. The predicted octanol–water partition coefficient (Wildman–Crippen LogP) is 4.80. The first-order valence-corrected chi connectivity index (χ1v) is 11.9. The summed E-state index contributed by atoms with van der Waals surface area (Å²) in [4.78, 5) is 37.6. The molecule has 0 heterocycles. The second-order valence-electron chi connectivity index (χ2n) is 8.94. The van der Waals surface area contributed by atoms with Gasteiger partial charge in [-0.25, -0.2) is 4.79 Å². The van der Waals surface area contributed by atoms with Crippen LogP contribution in [-0.4, -0.2) is 53.2 Å². The van der Waals surface area contributed by atoms with Crippen molar-refractivity contribution in [1.29, 1.82) is 0 Å². The summed E-state index contributed by atoms with van der Waals surface area (Å²) in [5, 5.41) is 11.8. The minimum atomic E-state index is -0.929. The molecule has 0 fully saturated rings. The summed E-state index contributed by atoms with van der Waals surface area (Å²) in [6.45, 7) is 6.11. The summed E-state index contributed by atoms with van der Waals surface area (Å²) in [5.74, 6) is -1.04.